The lowest BCUT2D eigenvalue weighted by molar-refractivity contribution is -0.114. The molecule has 5 aromatic rings. The van der Waals surface area contributed by atoms with Crippen LogP contribution in [0.25, 0.3) is 27.9 Å². The first-order valence-electron chi connectivity index (χ1n) is 10.7. The van der Waals surface area contributed by atoms with Crippen molar-refractivity contribution in [3.8, 4) is 17.0 Å². The standard InChI is InChI=1S/C25H19ClN6O3/c1-14-23(25(34)28-19-9-7-18(8-10-19)27-15(2)33)29-31-32(14)20-11-12-22-21(13-20)24(35-30-22)16-3-5-17(26)6-4-16/h3-13H,1-2H3,(H,27,33)(H,28,34). The molecule has 2 N–H and O–H groups in total. The van der Waals surface area contributed by atoms with Crippen molar-refractivity contribution in [2.24, 2.45) is 0 Å². The number of hydrogen-bond acceptors (Lipinski definition) is 6. The van der Waals surface area contributed by atoms with E-state index in [4.69, 9.17) is 16.1 Å². The molecule has 0 aliphatic carbocycles. The third-order valence-electron chi connectivity index (χ3n) is 5.38. The molecule has 2 aromatic heterocycles. The van der Waals surface area contributed by atoms with Crippen LogP contribution < -0.4 is 10.6 Å². The molecule has 0 aliphatic rings. The quantitative estimate of drug-likeness (QED) is 0.350. The molecule has 35 heavy (non-hydrogen) atoms. The van der Waals surface area contributed by atoms with Crippen LogP contribution in [0.4, 0.5) is 11.4 Å². The summed E-state index contributed by atoms with van der Waals surface area (Å²) in [4.78, 5) is 24.0. The maximum atomic E-state index is 12.8. The molecule has 0 unspecified atom stereocenters. The summed E-state index contributed by atoms with van der Waals surface area (Å²) in [5.74, 6) is 0.0459. The fourth-order valence-corrected chi connectivity index (χ4v) is 3.81. The van der Waals surface area contributed by atoms with Gasteiger partial charge in [0.05, 0.1) is 16.8 Å². The molecule has 0 bridgehead atoms. The molecule has 3 aromatic carbocycles. The molecule has 0 saturated carbocycles. The summed E-state index contributed by atoms with van der Waals surface area (Å²) < 4.78 is 7.17. The number of rotatable bonds is 5. The molecule has 0 spiro atoms. The minimum Gasteiger partial charge on any atom is -0.355 e. The number of anilines is 2. The first-order valence-corrected chi connectivity index (χ1v) is 11.0. The Morgan fingerprint density at radius 3 is 2.31 bits per heavy atom. The van der Waals surface area contributed by atoms with E-state index in [1.54, 1.807) is 48.0 Å². The van der Waals surface area contributed by atoms with E-state index >= 15 is 0 Å². The zero-order valence-corrected chi connectivity index (χ0v) is 19.5. The van der Waals surface area contributed by atoms with Gasteiger partial charge in [0.1, 0.15) is 5.52 Å². The highest BCUT2D eigenvalue weighted by Gasteiger charge is 2.19. The second kappa shape index (κ2) is 9.03. The van der Waals surface area contributed by atoms with Crippen LogP contribution in [0.2, 0.25) is 5.02 Å². The van der Waals surface area contributed by atoms with Gasteiger partial charge in [-0.3, -0.25) is 9.59 Å². The summed E-state index contributed by atoms with van der Waals surface area (Å²) in [7, 11) is 0. The molecular weight excluding hydrogens is 468 g/mol. The minimum absolute atomic E-state index is 0.168. The normalized spacial score (nSPS) is 10.9. The maximum Gasteiger partial charge on any atom is 0.278 e. The number of amides is 2. The molecule has 0 aliphatic heterocycles. The van der Waals surface area contributed by atoms with Crippen LogP contribution in [0.15, 0.2) is 71.3 Å². The predicted octanol–water partition coefficient (Wildman–Crippen LogP) is 5.25. The van der Waals surface area contributed by atoms with Gasteiger partial charge in [-0.2, -0.15) is 0 Å². The Kier molecular flexibility index (Phi) is 5.76. The Balaban J connectivity index is 1.41. The van der Waals surface area contributed by atoms with Crippen molar-refractivity contribution in [2.45, 2.75) is 13.8 Å². The summed E-state index contributed by atoms with van der Waals surface area (Å²) in [5.41, 5.74) is 4.21. The summed E-state index contributed by atoms with van der Waals surface area (Å²) in [5, 5.41) is 19.3. The molecule has 174 valence electrons. The lowest BCUT2D eigenvalue weighted by atomic mass is 10.1. The summed E-state index contributed by atoms with van der Waals surface area (Å²) >= 11 is 6.01. The highest BCUT2D eigenvalue weighted by molar-refractivity contribution is 6.30. The van der Waals surface area contributed by atoms with Crippen molar-refractivity contribution >= 4 is 45.7 Å². The van der Waals surface area contributed by atoms with Gasteiger partial charge in [-0.15, -0.1) is 5.10 Å². The van der Waals surface area contributed by atoms with E-state index in [-0.39, 0.29) is 11.6 Å². The average Bonchev–Trinajstić information content (AvgIpc) is 3.43. The highest BCUT2D eigenvalue weighted by atomic mass is 35.5. The summed E-state index contributed by atoms with van der Waals surface area (Å²) in [6.45, 7) is 3.20. The van der Waals surface area contributed by atoms with Crippen LogP contribution in [0.1, 0.15) is 23.1 Å². The van der Waals surface area contributed by atoms with E-state index in [1.807, 2.05) is 30.3 Å². The summed E-state index contributed by atoms with van der Waals surface area (Å²) in [6.07, 6.45) is 0. The van der Waals surface area contributed by atoms with E-state index < -0.39 is 5.91 Å². The number of carbonyl (C=O) groups is 2. The third-order valence-corrected chi connectivity index (χ3v) is 5.64. The monoisotopic (exact) mass is 486 g/mol. The maximum absolute atomic E-state index is 12.8. The third kappa shape index (κ3) is 4.49. The number of fused-ring (bicyclic) bond motifs is 1. The number of benzene rings is 3. The van der Waals surface area contributed by atoms with Gasteiger partial charge in [-0.1, -0.05) is 22.0 Å². The number of nitrogens with one attached hydrogen (secondary N) is 2. The van der Waals surface area contributed by atoms with E-state index in [0.717, 1.165) is 10.9 Å². The van der Waals surface area contributed by atoms with Crippen LogP contribution in [0.3, 0.4) is 0 Å². The van der Waals surface area contributed by atoms with E-state index in [1.165, 1.54) is 6.92 Å². The SMILES string of the molecule is CC(=O)Nc1ccc(NC(=O)c2nnn(-c3ccc4noc(-c5ccc(Cl)cc5)c4c3)c2C)cc1. The van der Waals surface area contributed by atoms with Gasteiger partial charge in [0.2, 0.25) is 5.91 Å². The van der Waals surface area contributed by atoms with Crippen LogP contribution in [0.5, 0.6) is 0 Å². The van der Waals surface area contributed by atoms with Crippen LogP contribution in [0, 0.1) is 6.92 Å². The predicted molar refractivity (Wildman–Crippen MR) is 133 cm³/mol. The fraction of sp³-hybridized carbons (Fsp3) is 0.0800. The number of carbonyl (C=O) groups excluding carboxylic acids is 2. The van der Waals surface area contributed by atoms with Gasteiger partial charge < -0.3 is 15.2 Å². The van der Waals surface area contributed by atoms with Crippen LogP contribution >= 0.6 is 11.6 Å². The first-order chi connectivity index (χ1) is 16.9. The topological polar surface area (TPSA) is 115 Å². The number of nitrogens with zero attached hydrogens (tertiary/aromatic N) is 4. The zero-order chi connectivity index (χ0) is 24.5. The lowest BCUT2D eigenvalue weighted by Crippen LogP contribution is -2.14. The number of aromatic nitrogens is 4. The molecule has 9 nitrogen and oxygen atoms in total. The second-order valence-electron chi connectivity index (χ2n) is 7.87. The van der Waals surface area contributed by atoms with E-state index in [9.17, 15) is 9.59 Å². The van der Waals surface area contributed by atoms with Gasteiger partial charge in [0.15, 0.2) is 11.5 Å². The fourth-order valence-electron chi connectivity index (χ4n) is 3.69. The second-order valence-corrected chi connectivity index (χ2v) is 8.30. The summed E-state index contributed by atoms with van der Waals surface area (Å²) in [6, 6.07) is 19.6. The molecular formula is C25H19ClN6O3. The smallest absolute Gasteiger partial charge is 0.278 e. The lowest BCUT2D eigenvalue weighted by Gasteiger charge is -2.07. The molecule has 0 radical (unpaired) electrons. The Morgan fingerprint density at radius 1 is 0.943 bits per heavy atom. The molecule has 0 saturated heterocycles. The van der Waals surface area contributed by atoms with Crippen molar-refractivity contribution in [3.05, 3.63) is 83.1 Å². The van der Waals surface area contributed by atoms with E-state index in [0.29, 0.717) is 39.1 Å². The molecule has 0 fully saturated rings. The Bertz CT molecular complexity index is 1550. The highest BCUT2D eigenvalue weighted by Crippen LogP contribution is 2.31. The van der Waals surface area contributed by atoms with Crippen LogP contribution in [-0.2, 0) is 4.79 Å². The van der Waals surface area contributed by atoms with Crippen molar-refractivity contribution in [3.63, 3.8) is 0 Å². The number of halogens is 1. The Labute approximate surface area is 204 Å². The van der Waals surface area contributed by atoms with Crippen molar-refractivity contribution in [2.75, 3.05) is 10.6 Å². The average molecular weight is 487 g/mol. The van der Waals surface area contributed by atoms with Gasteiger partial charge in [0.25, 0.3) is 5.91 Å². The van der Waals surface area contributed by atoms with Gasteiger partial charge in [-0.05, 0) is 73.7 Å². The van der Waals surface area contributed by atoms with Gasteiger partial charge in [-0.25, -0.2) is 4.68 Å². The van der Waals surface area contributed by atoms with Crippen molar-refractivity contribution in [1.29, 1.82) is 0 Å². The Hall–Kier alpha value is -4.50. The molecule has 2 amide bonds. The largest absolute Gasteiger partial charge is 0.355 e. The molecule has 0 atom stereocenters. The van der Waals surface area contributed by atoms with Crippen molar-refractivity contribution < 1.29 is 14.1 Å². The number of hydrogen-bond donors (Lipinski definition) is 2. The van der Waals surface area contributed by atoms with Gasteiger partial charge in [0, 0.05) is 28.9 Å². The Morgan fingerprint density at radius 2 is 1.63 bits per heavy atom. The molecule has 5 rings (SSSR count). The minimum atomic E-state index is -0.395. The van der Waals surface area contributed by atoms with Crippen LogP contribution in [-0.4, -0.2) is 32.0 Å². The van der Waals surface area contributed by atoms with Gasteiger partial charge >= 0.3 is 0 Å². The van der Waals surface area contributed by atoms with E-state index in [2.05, 4.69) is 26.1 Å². The first kappa shape index (κ1) is 22.3. The zero-order valence-electron chi connectivity index (χ0n) is 18.7. The molecule has 2 heterocycles. The van der Waals surface area contributed by atoms with Crippen molar-refractivity contribution in [1.82, 2.24) is 20.2 Å². The molecule has 10 heteroatoms.